The Balaban J connectivity index is 1.50. The second-order valence-electron chi connectivity index (χ2n) is 6.40. The van der Waals surface area contributed by atoms with E-state index in [9.17, 15) is 9.59 Å². The lowest BCUT2D eigenvalue weighted by atomic mass is 10.1. The summed E-state index contributed by atoms with van der Waals surface area (Å²) >= 11 is 3.38. The first-order chi connectivity index (χ1) is 13.0. The van der Waals surface area contributed by atoms with Crippen LogP contribution in [-0.4, -0.2) is 40.9 Å². The number of benzene rings is 1. The van der Waals surface area contributed by atoms with Crippen LogP contribution in [0.3, 0.4) is 0 Å². The number of hydrogen-bond acceptors (Lipinski definition) is 4. The van der Waals surface area contributed by atoms with Gasteiger partial charge in [0.2, 0.25) is 11.8 Å². The van der Waals surface area contributed by atoms with Gasteiger partial charge >= 0.3 is 0 Å². The number of rotatable bonds is 5. The van der Waals surface area contributed by atoms with Crippen molar-refractivity contribution in [3.63, 3.8) is 0 Å². The molecule has 3 rings (SSSR count). The van der Waals surface area contributed by atoms with Crippen LogP contribution in [-0.2, 0) is 4.79 Å². The van der Waals surface area contributed by atoms with Crippen molar-refractivity contribution in [1.29, 1.82) is 0 Å². The molecule has 2 heterocycles. The molecule has 0 aliphatic carbocycles. The summed E-state index contributed by atoms with van der Waals surface area (Å²) < 4.78 is 6.88. The number of halogens is 1. The van der Waals surface area contributed by atoms with Gasteiger partial charge in [0.1, 0.15) is 6.10 Å². The van der Waals surface area contributed by atoms with E-state index >= 15 is 0 Å². The van der Waals surface area contributed by atoms with Gasteiger partial charge in [0.15, 0.2) is 0 Å². The van der Waals surface area contributed by atoms with Crippen molar-refractivity contribution in [1.82, 2.24) is 9.88 Å². The fraction of sp³-hybridized carbons (Fsp3) is 0.350. The predicted molar refractivity (Wildman–Crippen MR) is 107 cm³/mol. The van der Waals surface area contributed by atoms with E-state index in [2.05, 4.69) is 26.2 Å². The Morgan fingerprint density at radius 1 is 1.19 bits per heavy atom. The number of ether oxygens (including phenoxy) is 1. The summed E-state index contributed by atoms with van der Waals surface area (Å²) in [7, 11) is 0. The van der Waals surface area contributed by atoms with Crippen molar-refractivity contribution in [2.24, 2.45) is 0 Å². The Hall–Kier alpha value is -2.41. The van der Waals surface area contributed by atoms with E-state index in [-0.39, 0.29) is 17.9 Å². The molecule has 0 bridgehead atoms. The molecule has 142 valence electrons. The predicted octanol–water partition coefficient (Wildman–Crippen LogP) is 3.88. The summed E-state index contributed by atoms with van der Waals surface area (Å²) in [5.41, 5.74) is 1.35. The summed E-state index contributed by atoms with van der Waals surface area (Å²) in [6.07, 6.45) is 3.57. The highest BCUT2D eigenvalue weighted by Crippen LogP contribution is 2.20. The fourth-order valence-corrected chi connectivity index (χ4v) is 3.16. The van der Waals surface area contributed by atoms with Gasteiger partial charge in [0, 0.05) is 48.5 Å². The first kappa shape index (κ1) is 19.4. The summed E-state index contributed by atoms with van der Waals surface area (Å²) in [6.45, 7) is 3.11. The van der Waals surface area contributed by atoms with Crippen LogP contribution in [0.1, 0.15) is 36.5 Å². The minimum atomic E-state index is -0.0479. The van der Waals surface area contributed by atoms with Crippen LogP contribution in [0.4, 0.5) is 5.69 Å². The minimum Gasteiger partial charge on any atom is -0.474 e. The summed E-state index contributed by atoms with van der Waals surface area (Å²) in [4.78, 5) is 30.0. The van der Waals surface area contributed by atoms with Crippen LogP contribution >= 0.6 is 15.9 Å². The molecule has 0 radical (unpaired) electrons. The Kier molecular flexibility index (Phi) is 6.45. The summed E-state index contributed by atoms with van der Waals surface area (Å²) in [5, 5.41) is 2.76. The number of piperidine rings is 1. The minimum absolute atomic E-state index is 0.0301. The SMILES string of the molecule is CCC(=O)Nc1ccc(OC2CCN(C(=O)c3ccc(Br)cc3)CC2)nc1. The second-order valence-corrected chi connectivity index (χ2v) is 7.32. The lowest BCUT2D eigenvalue weighted by molar-refractivity contribution is -0.115. The Morgan fingerprint density at radius 3 is 2.48 bits per heavy atom. The molecular weight excluding hydrogens is 410 g/mol. The molecule has 2 amide bonds. The van der Waals surface area contributed by atoms with Gasteiger partial charge in [-0.05, 0) is 30.3 Å². The number of carbonyl (C=O) groups excluding carboxylic acids is 2. The van der Waals surface area contributed by atoms with Gasteiger partial charge in [-0.1, -0.05) is 22.9 Å². The molecule has 0 atom stereocenters. The van der Waals surface area contributed by atoms with Crippen molar-refractivity contribution >= 4 is 33.4 Å². The quantitative estimate of drug-likeness (QED) is 0.779. The van der Waals surface area contributed by atoms with Gasteiger partial charge < -0.3 is 15.0 Å². The standard InChI is InChI=1S/C20H22BrN3O3/c1-2-18(25)23-16-7-8-19(22-13-16)27-17-9-11-24(12-10-17)20(26)14-3-5-15(21)6-4-14/h3-8,13,17H,2,9-12H2,1H3,(H,23,25). The van der Waals surface area contributed by atoms with Crippen molar-refractivity contribution in [3.8, 4) is 5.88 Å². The molecule has 1 aliphatic rings. The molecule has 1 aromatic carbocycles. The molecule has 7 heteroatoms. The smallest absolute Gasteiger partial charge is 0.253 e. The number of carbonyl (C=O) groups is 2. The van der Waals surface area contributed by atoms with Gasteiger partial charge in [-0.2, -0.15) is 0 Å². The maximum Gasteiger partial charge on any atom is 0.253 e. The van der Waals surface area contributed by atoms with Gasteiger partial charge in [-0.15, -0.1) is 0 Å². The van der Waals surface area contributed by atoms with Gasteiger partial charge in [0.05, 0.1) is 11.9 Å². The molecule has 1 fully saturated rings. The molecule has 1 saturated heterocycles. The number of amides is 2. The van der Waals surface area contributed by atoms with Crippen LogP contribution in [0.15, 0.2) is 47.1 Å². The molecule has 0 unspecified atom stereocenters. The van der Waals surface area contributed by atoms with Crippen molar-refractivity contribution in [3.05, 3.63) is 52.6 Å². The Morgan fingerprint density at radius 2 is 1.89 bits per heavy atom. The molecule has 2 aromatic rings. The monoisotopic (exact) mass is 431 g/mol. The average Bonchev–Trinajstić information content (AvgIpc) is 2.70. The second kappa shape index (κ2) is 8.99. The first-order valence-corrected chi connectivity index (χ1v) is 9.82. The Bertz CT molecular complexity index is 785. The lowest BCUT2D eigenvalue weighted by Gasteiger charge is -2.32. The third-order valence-electron chi connectivity index (χ3n) is 4.45. The zero-order valence-electron chi connectivity index (χ0n) is 15.2. The van der Waals surface area contributed by atoms with E-state index in [1.54, 1.807) is 25.3 Å². The first-order valence-electron chi connectivity index (χ1n) is 9.02. The number of likely N-dealkylation sites (tertiary alicyclic amines) is 1. The van der Waals surface area contributed by atoms with Crippen LogP contribution in [0.5, 0.6) is 5.88 Å². The van der Waals surface area contributed by atoms with E-state index in [1.165, 1.54) is 0 Å². The molecule has 0 saturated carbocycles. The van der Waals surface area contributed by atoms with E-state index in [0.29, 0.717) is 36.6 Å². The van der Waals surface area contributed by atoms with Crippen LogP contribution < -0.4 is 10.1 Å². The highest BCUT2D eigenvalue weighted by atomic mass is 79.9. The van der Waals surface area contributed by atoms with E-state index in [0.717, 1.165) is 17.3 Å². The normalized spacial score (nSPS) is 14.7. The van der Waals surface area contributed by atoms with E-state index in [4.69, 9.17) is 4.74 Å². The van der Waals surface area contributed by atoms with Gasteiger partial charge in [0.25, 0.3) is 5.91 Å². The fourth-order valence-electron chi connectivity index (χ4n) is 2.90. The highest BCUT2D eigenvalue weighted by Gasteiger charge is 2.25. The number of hydrogen-bond donors (Lipinski definition) is 1. The maximum atomic E-state index is 12.5. The van der Waals surface area contributed by atoms with E-state index in [1.807, 2.05) is 29.2 Å². The van der Waals surface area contributed by atoms with Crippen LogP contribution in [0, 0.1) is 0 Å². The molecule has 1 aromatic heterocycles. The molecule has 1 aliphatic heterocycles. The van der Waals surface area contributed by atoms with Gasteiger partial charge in [-0.3, -0.25) is 9.59 Å². The highest BCUT2D eigenvalue weighted by molar-refractivity contribution is 9.10. The average molecular weight is 432 g/mol. The number of nitrogens with zero attached hydrogens (tertiary/aromatic N) is 2. The molecular formula is C20H22BrN3O3. The molecule has 1 N–H and O–H groups in total. The molecule has 0 spiro atoms. The molecule has 27 heavy (non-hydrogen) atoms. The largest absolute Gasteiger partial charge is 0.474 e. The third-order valence-corrected chi connectivity index (χ3v) is 4.98. The van der Waals surface area contributed by atoms with Crippen molar-refractivity contribution < 1.29 is 14.3 Å². The number of pyridine rings is 1. The lowest BCUT2D eigenvalue weighted by Crippen LogP contribution is -2.41. The number of anilines is 1. The van der Waals surface area contributed by atoms with E-state index < -0.39 is 0 Å². The van der Waals surface area contributed by atoms with Crippen LogP contribution in [0.2, 0.25) is 0 Å². The van der Waals surface area contributed by atoms with Crippen molar-refractivity contribution in [2.75, 3.05) is 18.4 Å². The maximum absolute atomic E-state index is 12.5. The number of aromatic nitrogens is 1. The Labute approximate surface area is 167 Å². The van der Waals surface area contributed by atoms with Crippen molar-refractivity contribution in [2.45, 2.75) is 32.3 Å². The topological polar surface area (TPSA) is 71.5 Å². The zero-order valence-corrected chi connectivity index (χ0v) is 16.7. The summed E-state index contributed by atoms with van der Waals surface area (Å²) in [6, 6.07) is 10.9. The van der Waals surface area contributed by atoms with Gasteiger partial charge in [-0.25, -0.2) is 4.98 Å². The molecule has 6 nitrogen and oxygen atoms in total. The number of nitrogens with one attached hydrogen (secondary N) is 1. The van der Waals surface area contributed by atoms with Crippen LogP contribution in [0.25, 0.3) is 0 Å². The third kappa shape index (κ3) is 5.29. The summed E-state index contributed by atoms with van der Waals surface area (Å²) in [5.74, 6) is 0.533. The zero-order chi connectivity index (χ0) is 19.2.